The van der Waals surface area contributed by atoms with Crippen molar-refractivity contribution in [2.24, 2.45) is 21.1 Å². The third kappa shape index (κ3) is 4.01. The molecule has 0 aliphatic heterocycles. The number of carbonyl (C=O) groups is 1. The first kappa shape index (κ1) is 22.4. The highest BCUT2D eigenvalue weighted by Gasteiger charge is 2.18. The van der Waals surface area contributed by atoms with E-state index in [2.05, 4.69) is 4.98 Å². The van der Waals surface area contributed by atoms with Gasteiger partial charge in [-0.3, -0.25) is 33.4 Å². The molecule has 0 bridgehead atoms. The van der Waals surface area contributed by atoms with Gasteiger partial charge in [0.15, 0.2) is 16.9 Å². The zero-order valence-corrected chi connectivity index (χ0v) is 18.5. The second-order valence-electron chi connectivity index (χ2n) is 7.51. The number of fused-ring (bicyclic) bond motifs is 1. The summed E-state index contributed by atoms with van der Waals surface area (Å²) in [5, 5.41) is 10.9. The van der Waals surface area contributed by atoms with Crippen LogP contribution in [0.25, 0.3) is 17.2 Å². The lowest BCUT2D eigenvalue weighted by molar-refractivity contribution is -0.384. The predicted molar refractivity (Wildman–Crippen MR) is 124 cm³/mol. The number of nitrogens with zero attached hydrogens (tertiary/aromatic N) is 5. The van der Waals surface area contributed by atoms with Crippen LogP contribution < -0.4 is 16.0 Å². The summed E-state index contributed by atoms with van der Waals surface area (Å²) in [6, 6.07) is 12.4. The van der Waals surface area contributed by atoms with Gasteiger partial charge in [0, 0.05) is 38.8 Å². The molecule has 0 fully saturated rings. The molecule has 172 valence electrons. The Kier molecular flexibility index (Phi) is 5.68. The Morgan fingerprint density at radius 3 is 2.41 bits per heavy atom. The van der Waals surface area contributed by atoms with E-state index in [0.717, 1.165) is 4.57 Å². The molecule has 4 aromatic rings. The third-order valence-corrected chi connectivity index (χ3v) is 5.29. The van der Waals surface area contributed by atoms with E-state index < -0.39 is 16.2 Å². The van der Waals surface area contributed by atoms with E-state index in [1.54, 1.807) is 37.4 Å². The molecule has 2 heterocycles. The van der Waals surface area contributed by atoms with Gasteiger partial charge in [0.1, 0.15) is 5.75 Å². The normalized spacial score (nSPS) is 11.3. The number of nitro benzene ring substituents is 1. The summed E-state index contributed by atoms with van der Waals surface area (Å²) in [4.78, 5) is 51.6. The highest BCUT2D eigenvalue weighted by Crippen LogP contribution is 2.23. The molecule has 0 saturated heterocycles. The molecule has 11 heteroatoms. The number of hydrogen-bond acceptors (Lipinski definition) is 7. The standard InChI is InChI=1S/C23H19N5O6/c1-25-19-20(26(2)23(31)27(3)21(19)30)24-22(25)34-17-10-7-14(8-11-17)9-12-18(29)15-5-4-6-16(13-15)28(32)33/h4-13H,1-3H3/b12-9+. The highest BCUT2D eigenvalue weighted by molar-refractivity contribution is 6.07. The molecule has 0 atom stereocenters. The Labute approximate surface area is 191 Å². The Hall–Kier alpha value is -4.80. The predicted octanol–water partition coefficient (Wildman–Crippen LogP) is 2.57. The quantitative estimate of drug-likeness (QED) is 0.187. The maximum absolute atomic E-state index is 12.5. The molecule has 11 nitrogen and oxygen atoms in total. The molecular formula is C23H19N5O6. The van der Waals surface area contributed by atoms with Gasteiger partial charge in [-0.2, -0.15) is 4.98 Å². The van der Waals surface area contributed by atoms with Crippen LogP contribution in [0, 0.1) is 10.1 Å². The average molecular weight is 461 g/mol. The number of rotatable bonds is 6. The van der Waals surface area contributed by atoms with Crippen molar-refractivity contribution in [1.82, 2.24) is 18.7 Å². The zero-order valence-electron chi connectivity index (χ0n) is 18.5. The lowest BCUT2D eigenvalue weighted by Gasteiger charge is -2.05. The number of hydrogen-bond donors (Lipinski definition) is 0. The monoisotopic (exact) mass is 461 g/mol. The maximum Gasteiger partial charge on any atom is 0.332 e. The van der Waals surface area contributed by atoms with E-state index in [4.69, 9.17) is 4.74 Å². The van der Waals surface area contributed by atoms with Crippen molar-refractivity contribution >= 4 is 28.7 Å². The second-order valence-corrected chi connectivity index (χ2v) is 7.51. The van der Waals surface area contributed by atoms with E-state index >= 15 is 0 Å². The molecule has 4 rings (SSSR count). The molecule has 0 radical (unpaired) electrons. The summed E-state index contributed by atoms with van der Waals surface area (Å²) < 4.78 is 9.56. The number of carbonyl (C=O) groups excluding carboxylic acids is 1. The van der Waals surface area contributed by atoms with Gasteiger partial charge in [0.2, 0.25) is 0 Å². The van der Waals surface area contributed by atoms with Crippen LogP contribution in [0.2, 0.25) is 0 Å². The minimum Gasteiger partial charge on any atom is -0.425 e. The van der Waals surface area contributed by atoms with Crippen LogP contribution in [0.3, 0.4) is 0 Å². The molecule has 0 unspecified atom stereocenters. The van der Waals surface area contributed by atoms with Crippen molar-refractivity contribution < 1.29 is 14.5 Å². The first-order valence-corrected chi connectivity index (χ1v) is 10.0. The fourth-order valence-electron chi connectivity index (χ4n) is 3.38. The topological polar surface area (TPSA) is 131 Å². The smallest absolute Gasteiger partial charge is 0.332 e. The largest absolute Gasteiger partial charge is 0.425 e. The van der Waals surface area contributed by atoms with Gasteiger partial charge in [-0.25, -0.2) is 4.79 Å². The van der Waals surface area contributed by atoms with Crippen LogP contribution in [0.15, 0.2) is 64.2 Å². The summed E-state index contributed by atoms with van der Waals surface area (Å²) in [5.74, 6) is 0.0679. The number of ketones is 1. The molecule has 0 spiro atoms. The first-order valence-electron chi connectivity index (χ1n) is 10.0. The number of ether oxygens (including phenoxy) is 1. The van der Waals surface area contributed by atoms with Crippen molar-refractivity contribution in [2.75, 3.05) is 0 Å². The van der Waals surface area contributed by atoms with E-state index in [-0.39, 0.29) is 34.2 Å². The second kappa shape index (κ2) is 8.62. The van der Waals surface area contributed by atoms with Crippen LogP contribution in [0.1, 0.15) is 15.9 Å². The molecule has 2 aromatic heterocycles. The van der Waals surface area contributed by atoms with Crippen LogP contribution in [-0.2, 0) is 21.1 Å². The summed E-state index contributed by atoms with van der Waals surface area (Å²) in [5.41, 5.74) is 0.249. The van der Waals surface area contributed by atoms with Crippen molar-refractivity contribution in [3.63, 3.8) is 0 Å². The number of aryl methyl sites for hydroxylation is 2. The molecule has 0 aliphatic carbocycles. The molecule has 2 aromatic carbocycles. The minimum atomic E-state index is -0.554. The maximum atomic E-state index is 12.5. The lowest BCUT2D eigenvalue weighted by atomic mass is 10.1. The lowest BCUT2D eigenvalue weighted by Crippen LogP contribution is -2.37. The van der Waals surface area contributed by atoms with E-state index in [1.165, 1.54) is 53.6 Å². The van der Waals surface area contributed by atoms with Crippen LogP contribution >= 0.6 is 0 Å². The van der Waals surface area contributed by atoms with Crippen molar-refractivity contribution in [1.29, 1.82) is 0 Å². The van der Waals surface area contributed by atoms with E-state index in [1.807, 2.05) is 0 Å². The summed E-state index contributed by atoms with van der Waals surface area (Å²) in [7, 11) is 4.54. The fourth-order valence-corrected chi connectivity index (χ4v) is 3.38. The molecule has 0 N–H and O–H groups in total. The highest BCUT2D eigenvalue weighted by atomic mass is 16.6. The zero-order chi connectivity index (χ0) is 24.6. The number of non-ortho nitro benzene ring substituents is 1. The Bertz CT molecular complexity index is 1590. The van der Waals surface area contributed by atoms with Gasteiger partial charge < -0.3 is 4.74 Å². The number of allylic oxidation sites excluding steroid dienone is 1. The molecule has 0 aliphatic rings. The number of benzene rings is 2. The number of aromatic nitrogens is 4. The molecular weight excluding hydrogens is 442 g/mol. The number of imidazole rings is 1. The van der Waals surface area contributed by atoms with Crippen LogP contribution in [0.4, 0.5) is 5.69 Å². The van der Waals surface area contributed by atoms with E-state index in [9.17, 15) is 24.5 Å². The van der Waals surface area contributed by atoms with Crippen molar-refractivity contribution in [2.45, 2.75) is 0 Å². The summed E-state index contributed by atoms with van der Waals surface area (Å²) >= 11 is 0. The summed E-state index contributed by atoms with van der Waals surface area (Å²) in [6.45, 7) is 0. The van der Waals surface area contributed by atoms with E-state index in [0.29, 0.717) is 11.3 Å². The Balaban J connectivity index is 1.54. The van der Waals surface area contributed by atoms with Gasteiger partial charge in [0.05, 0.1) is 4.92 Å². The van der Waals surface area contributed by atoms with Crippen LogP contribution in [-0.4, -0.2) is 29.4 Å². The third-order valence-electron chi connectivity index (χ3n) is 5.29. The van der Waals surface area contributed by atoms with Gasteiger partial charge in [-0.1, -0.05) is 30.3 Å². The molecule has 34 heavy (non-hydrogen) atoms. The first-order chi connectivity index (χ1) is 16.2. The molecule has 0 amide bonds. The van der Waals surface area contributed by atoms with Gasteiger partial charge in [-0.15, -0.1) is 0 Å². The average Bonchev–Trinajstić information content (AvgIpc) is 3.16. The SMILES string of the molecule is Cn1c(=O)c2c(nc(Oc3ccc(/C=C/C(=O)c4cccc([N+](=O)[O-])c4)cc3)n2C)n(C)c1=O. The van der Waals surface area contributed by atoms with Crippen LogP contribution in [0.5, 0.6) is 11.8 Å². The summed E-state index contributed by atoms with van der Waals surface area (Å²) in [6.07, 6.45) is 2.91. The van der Waals surface area contributed by atoms with Gasteiger partial charge in [-0.05, 0) is 23.8 Å². The Morgan fingerprint density at radius 2 is 1.74 bits per heavy atom. The van der Waals surface area contributed by atoms with Crippen molar-refractivity contribution in [3.05, 3.63) is 96.7 Å². The fraction of sp³-hybridized carbons (Fsp3) is 0.130. The number of nitro groups is 1. The van der Waals surface area contributed by atoms with Gasteiger partial charge in [0.25, 0.3) is 11.2 Å². The van der Waals surface area contributed by atoms with Gasteiger partial charge >= 0.3 is 11.7 Å². The van der Waals surface area contributed by atoms with Crippen molar-refractivity contribution in [3.8, 4) is 11.8 Å². The minimum absolute atomic E-state index is 0.137. The Morgan fingerprint density at radius 1 is 1.03 bits per heavy atom. The molecule has 0 saturated carbocycles.